The molecule has 0 heterocycles. The number of hydrogen-bond donors (Lipinski definition) is 0. The van der Waals surface area contributed by atoms with Crippen molar-refractivity contribution in [3.05, 3.63) is 0 Å². The molecule has 4 heteroatoms. The van der Waals surface area contributed by atoms with Crippen LogP contribution in [0.3, 0.4) is 0 Å². The summed E-state index contributed by atoms with van der Waals surface area (Å²) in [5.74, 6) is -0.0543. The van der Waals surface area contributed by atoms with Crippen LogP contribution in [-0.2, 0) is 9.36 Å². The van der Waals surface area contributed by atoms with Crippen molar-refractivity contribution in [1.82, 2.24) is 4.90 Å². The zero-order valence-electron chi connectivity index (χ0n) is 5.97. The molecule has 0 rings (SSSR count). The number of carbonyl (C=O) groups excluding carboxylic acids is 1. The minimum atomic E-state index is -1.62. The standard InChI is InChI=1S/C5H12NO2P/c1-6(2)5(7)4-9(3)8/h9H,4H2,1-3H3. The monoisotopic (exact) mass is 149 g/mol. The van der Waals surface area contributed by atoms with Gasteiger partial charge < -0.3 is 9.46 Å². The maximum atomic E-state index is 10.7. The van der Waals surface area contributed by atoms with Crippen molar-refractivity contribution < 1.29 is 9.36 Å². The van der Waals surface area contributed by atoms with Crippen LogP contribution in [-0.4, -0.2) is 37.7 Å². The van der Waals surface area contributed by atoms with Gasteiger partial charge in [-0.2, -0.15) is 0 Å². The third-order valence-corrected chi connectivity index (χ3v) is 1.70. The number of carbonyl (C=O) groups is 1. The fourth-order valence-corrected chi connectivity index (χ4v) is 1.11. The fraction of sp³-hybridized carbons (Fsp3) is 0.800. The molecule has 0 aromatic heterocycles. The normalized spacial score (nSPS) is 12.8. The third-order valence-electron chi connectivity index (χ3n) is 0.899. The van der Waals surface area contributed by atoms with E-state index in [0.717, 1.165) is 0 Å². The minimum Gasteiger partial charge on any atom is -0.348 e. The SMILES string of the molecule is CN(C)C(=O)C[PH](C)=O. The highest BCUT2D eigenvalue weighted by Gasteiger charge is 2.04. The van der Waals surface area contributed by atoms with Gasteiger partial charge in [-0.1, -0.05) is 0 Å². The molecule has 1 unspecified atom stereocenters. The summed E-state index contributed by atoms with van der Waals surface area (Å²) in [6.45, 7) is 1.59. The average Bonchev–Trinajstić information content (AvgIpc) is 1.63. The first-order chi connectivity index (χ1) is 4.04. The Balaban J connectivity index is 3.64. The van der Waals surface area contributed by atoms with Crippen molar-refractivity contribution in [2.45, 2.75) is 0 Å². The topological polar surface area (TPSA) is 37.4 Å². The maximum Gasteiger partial charge on any atom is 0.229 e. The van der Waals surface area contributed by atoms with Gasteiger partial charge in [-0.15, -0.1) is 0 Å². The van der Waals surface area contributed by atoms with Crippen molar-refractivity contribution in [2.24, 2.45) is 0 Å². The van der Waals surface area contributed by atoms with Crippen molar-refractivity contribution >= 4 is 13.7 Å². The van der Waals surface area contributed by atoms with Gasteiger partial charge in [0.15, 0.2) is 0 Å². The van der Waals surface area contributed by atoms with E-state index >= 15 is 0 Å². The lowest BCUT2D eigenvalue weighted by molar-refractivity contribution is -0.125. The predicted octanol–water partition coefficient (Wildman–Crippen LogP) is 0.264. The molecule has 0 saturated carbocycles. The van der Waals surface area contributed by atoms with Crippen molar-refractivity contribution in [1.29, 1.82) is 0 Å². The molecule has 54 valence electrons. The van der Waals surface area contributed by atoms with E-state index < -0.39 is 7.80 Å². The van der Waals surface area contributed by atoms with Crippen molar-refractivity contribution in [2.75, 3.05) is 26.9 Å². The number of amides is 1. The Kier molecular flexibility index (Phi) is 3.55. The first-order valence-corrected chi connectivity index (χ1v) is 4.85. The molecular formula is C5H12NO2P. The van der Waals surface area contributed by atoms with Crippen LogP contribution in [0.2, 0.25) is 0 Å². The lowest BCUT2D eigenvalue weighted by atomic mass is 10.6. The molecule has 0 radical (unpaired) electrons. The summed E-state index contributed by atoms with van der Waals surface area (Å²) >= 11 is 0. The smallest absolute Gasteiger partial charge is 0.229 e. The summed E-state index contributed by atoms with van der Waals surface area (Å²) in [7, 11) is 1.70. The van der Waals surface area contributed by atoms with Crippen LogP contribution < -0.4 is 0 Å². The first kappa shape index (κ1) is 8.70. The van der Waals surface area contributed by atoms with E-state index in [9.17, 15) is 9.36 Å². The second kappa shape index (κ2) is 3.67. The highest BCUT2D eigenvalue weighted by atomic mass is 31.1. The van der Waals surface area contributed by atoms with Gasteiger partial charge in [-0.25, -0.2) is 0 Å². The Labute approximate surface area is 55.8 Å². The molecule has 0 aliphatic heterocycles. The largest absolute Gasteiger partial charge is 0.348 e. The molecule has 9 heavy (non-hydrogen) atoms. The van der Waals surface area contributed by atoms with Crippen LogP contribution in [0.5, 0.6) is 0 Å². The summed E-state index contributed by atoms with van der Waals surface area (Å²) in [6, 6.07) is 0. The first-order valence-electron chi connectivity index (χ1n) is 2.73. The van der Waals surface area contributed by atoms with Crippen LogP contribution >= 0.6 is 7.80 Å². The van der Waals surface area contributed by atoms with E-state index in [4.69, 9.17) is 0 Å². The highest BCUT2D eigenvalue weighted by Crippen LogP contribution is 2.12. The molecule has 0 fully saturated rings. The maximum absolute atomic E-state index is 10.7. The van der Waals surface area contributed by atoms with Crippen LogP contribution in [0.25, 0.3) is 0 Å². The molecule has 0 aromatic carbocycles. The summed E-state index contributed by atoms with van der Waals surface area (Å²) in [5, 5.41) is 0. The number of nitrogens with zero attached hydrogens (tertiary/aromatic N) is 1. The Morgan fingerprint density at radius 2 is 2.00 bits per heavy atom. The van der Waals surface area contributed by atoms with E-state index in [2.05, 4.69) is 0 Å². The van der Waals surface area contributed by atoms with Crippen LogP contribution in [0.1, 0.15) is 0 Å². The number of rotatable bonds is 2. The van der Waals surface area contributed by atoms with Gasteiger partial charge in [0.05, 0.1) is 14.0 Å². The van der Waals surface area contributed by atoms with Gasteiger partial charge in [0.1, 0.15) is 0 Å². The quantitative estimate of drug-likeness (QED) is 0.528. The second-order valence-electron chi connectivity index (χ2n) is 2.17. The van der Waals surface area contributed by atoms with E-state index in [-0.39, 0.29) is 12.1 Å². The molecule has 0 aliphatic carbocycles. The van der Waals surface area contributed by atoms with E-state index in [0.29, 0.717) is 0 Å². The van der Waals surface area contributed by atoms with Crippen LogP contribution in [0.4, 0.5) is 0 Å². The highest BCUT2D eigenvalue weighted by molar-refractivity contribution is 7.44. The molecule has 0 aliphatic rings. The minimum absolute atomic E-state index is 0.0543. The Hall–Kier alpha value is -0.300. The van der Waals surface area contributed by atoms with Gasteiger partial charge in [0, 0.05) is 14.1 Å². The third kappa shape index (κ3) is 4.22. The molecule has 0 N–H and O–H groups in total. The zero-order chi connectivity index (χ0) is 7.44. The number of hydrogen-bond acceptors (Lipinski definition) is 2. The predicted molar refractivity (Wildman–Crippen MR) is 38.5 cm³/mol. The van der Waals surface area contributed by atoms with Crippen LogP contribution in [0, 0.1) is 0 Å². The molecule has 1 amide bonds. The molecule has 0 spiro atoms. The second-order valence-corrected chi connectivity index (χ2v) is 3.92. The Bertz CT molecular complexity index is 133. The van der Waals surface area contributed by atoms with Gasteiger partial charge in [0.2, 0.25) is 5.91 Å². The van der Waals surface area contributed by atoms with E-state index in [1.807, 2.05) is 0 Å². The summed E-state index contributed by atoms with van der Waals surface area (Å²) in [4.78, 5) is 12.2. The lowest BCUT2D eigenvalue weighted by Gasteiger charge is -2.07. The molecule has 0 saturated heterocycles. The molecular weight excluding hydrogens is 137 g/mol. The Morgan fingerprint density at radius 1 is 1.56 bits per heavy atom. The molecule has 1 atom stereocenters. The summed E-state index contributed by atoms with van der Waals surface area (Å²) in [6.07, 6.45) is 0.206. The summed E-state index contributed by atoms with van der Waals surface area (Å²) < 4.78 is 10.5. The van der Waals surface area contributed by atoms with Gasteiger partial charge in [-0.3, -0.25) is 4.79 Å². The lowest BCUT2D eigenvalue weighted by Crippen LogP contribution is -2.23. The summed E-state index contributed by atoms with van der Waals surface area (Å²) in [5.41, 5.74) is 0. The molecule has 0 bridgehead atoms. The van der Waals surface area contributed by atoms with Gasteiger partial charge >= 0.3 is 0 Å². The van der Waals surface area contributed by atoms with E-state index in [1.165, 1.54) is 4.90 Å². The zero-order valence-corrected chi connectivity index (χ0v) is 6.97. The van der Waals surface area contributed by atoms with Gasteiger partial charge in [-0.05, 0) is 6.66 Å². The van der Waals surface area contributed by atoms with E-state index in [1.54, 1.807) is 20.8 Å². The van der Waals surface area contributed by atoms with Crippen LogP contribution in [0.15, 0.2) is 0 Å². The molecule has 3 nitrogen and oxygen atoms in total. The van der Waals surface area contributed by atoms with Crippen molar-refractivity contribution in [3.8, 4) is 0 Å². The van der Waals surface area contributed by atoms with Crippen molar-refractivity contribution in [3.63, 3.8) is 0 Å². The molecule has 0 aromatic rings. The average molecular weight is 149 g/mol. The Morgan fingerprint density at radius 3 is 2.11 bits per heavy atom. The fourth-order valence-electron chi connectivity index (χ4n) is 0.371. The van der Waals surface area contributed by atoms with Gasteiger partial charge in [0.25, 0.3) is 0 Å².